The summed E-state index contributed by atoms with van der Waals surface area (Å²) in [6.07, 6.45) is 2.69. The van der Waals surface area contributed by atoms with Crippen LogP contribution < -0.4 is 10.1 Å². The Labute approximate surface area is 93.2 Å². The Morgan fingerprint density at radius 3 is 3.07 bits per heavy atom. The molecule has 1 aliphatic rings. The molecule has 0 radical (unpaired) electrons. The van der Waals surface area contributed by atoms with Gasteiger partial charge in [-0.05, 0) is 24.1 Å². The van der Waals surface area contributed by atoms with Gasteiger partial charge >= 0.3 is 0 Å². The highest BCUT2D eigenvalue weighted by molar-refractivity contribution is 7.98. The van der Waals surface area contributed by atoms with Crippen molar-refractivity contribution in [1.82, 2.24) is 5.32 Å². The largest absolute Gasteiger partial charge is 0.470 e. The van der Waals surface area contributed by atoms with E-state index in [1.807, 2.05) is 24.5 Å². The molecular formula is C11H13NO2S. The van der Waals surface area contributed by atoms with Crippen molar-refractivity contribution in [2.45, 2.75) is 12.6 Å². The second-order valence-corrected chi connectivity index (χ2v) is 4.34. The molecule has 2 rings (SSSR count). The van der Waals surface area contributed by atoms with Gasteiger partial charge in [0, 0.05) is 6.42 Å². The molecule has 0 aromatic heterocycles. The third-order valence-corrected chi connectivity index (χ3v) is 2.92. The van der Waals surface area contributed by atoms with Gasteiger partial charge in [-0.3, -0.25) is 4.79 Å². The van der Waals surface area contributed by atoms with Gasteiger partial charge in [-0.2, -0.15) is 11.8 Å². The Hall–Kier alpha value is -1.16. The second kappa shape index (κ2) is 4.57. The molecule has 0 saturated carbocycles. The number of hydrogen-bond acceptors (Lipinski definition) is 3. The van der Waals surface area contributed by atoms with Crippen LogP contribution in [0.2, 0.25) is 0 Å². The third-order valence-electron chi connectivity index (χ3n) is 2.28. The highest BCUT2D eigenvalue weighted by atomic mass is 32.2. The molecule has 4 heteroatoms. The highest BCUT2D eigenvalue weighted by Crippen LogP contribution is 2.23. The molecule has 0 spiro atoms. The molecule has 1 unspecified atom stereocenters. The molecule has 0 bridgehead atoms. The Balaban J connectivity index is 2.12. The standard InChI is InChI=1S/C11H13NO2S/c1-15-7-6-10-12-11(13)8-4-2-3-5-9(8)14-10/h2-5,10H,6-7H2,1H3,(H,12,13). The number of rotatable bonds is 3. The third kappa shape index (κ3) is 2.26. The fourth-order valence-electron chi connectivity index (χ4n) is 1.52. The zero-order chi connectivity index (χ0) is 10.7. The Bertz CT molecular complexity index is 367. The topological polar surface area (TPSA) is 38.3 Å². The summed E-state index contributed by atoms with van der Waals surface area (Å²) in [6, 6.07) is 7.32. The lowest BCUT2D eigenvalue weighted by Gasteiger charge is -2.26. The molecule has 15 heavy (non-hydrogen) atoms. The average molecular weight is 223 g/mol. The summed E-state index contributed by atoms with van der Waals surface area (Å²) in [5.41, 5.74) is 0.623. The van der Waals surface area contributed by atoms with E-state index in [2.05, 4.69) is 5.32 Å². The van der Waals surface area contributed by atoms with Gasteiger partial charge in [0.1, 0.15) is 5.75 Å². The van der Waals surface area contributed by atoms with E-state index in [0.717, 1.165) is 12.2 Å². The predicted molar refractivity (Wildman–Crippen MR) is 61.3 cm³/mol. The van der Waals surface area contributed by atoms with Crippen molar-refractivity contribution in [1.29, 1.82) is 0 Å². The van der Waals surface area contributed by atoms with Crippen LogP contribution in [0.1, 0.15) is 16.8 Å². The SMILES string of the molecule is CSCCC1NC(=O)c2ccccc2O1. The number of nitrogens with one attached hydrogen (secondary N) is 1. The molecule has 1 aliphatic heterocycles. The number of thioether (sulfide) groups is 1. The van der Waals surface area contributed by atoms with Crippen molar-refractivity contribution < 1.29 is 9.53 Å². The smallest absolute Gasteiger partial charge is 0.257 e. The van der Waals surface area contributed by atoms with E-state index in [-0.39, 0.29) is 12.1 Å². The van der Waals surface area contributed by atoms with E-state index in [9.17, 15) is 4.79 Å². The molecule has 1 aromatic rings. The monoisotopic (exact) mass is 223 g/mol. The molecular weight excluding hydrogens is 210 g/mol. The van der Waals surface area contributed by atoms with Crippen molar-refractivity contribution in [2.24, 2.45) is 0 Å². The minimum atomic E-state index is -0.181. The maximum Gasteiger partial charge on any atom is 0.257 e. The van der Waals surface area contributed by atoms with Gasteiger partial charge in [0.2, 0.25) is 0 Å². The lowest BCUT2D eigenvalue weighted by Crippen LogP contribution is -2.43. The Morgan fingerprint density at radius 2 is 2.27 bits per heavy atom. The number of carbonyl (C=O) groups excluding carboxylic acids is 1. The fourth-order valence-corrected chi connectivity index (χ4v) is 1.97. The molecule has 0 fully saturated rings. The summed E-state index contributed by atoms with van der Waals surface area (Å²) in [6.45, 7) is 0. The molecule has 80 valence electrons. The van der Waals surface area contributed by atoms with Crippen LogP contribution in [0.3, 0.4) is 0 Å². The molecule has 0 aliphatic carbocycles. The normalized spacial score (nSPS) is 19.0. The van der Waals surface area contributed by atoms with Gasteiger partial charge in [-0.25, -0.2) is 0 Å². The molecule has 1 amide bonds. The number of fused-ring (bicyclic) bond motifs is 1. The fraction of sp³-hybridized carbons (Fsp3) is 0.364. The van der Waals surface area contributed by atoms with Crippen LogP contribution >= 0.6 is 11.8 Å². The molecule has 1 heterocycles. The number of ether oxygens (including phenoxy) is 1. The van der Waals surface area contributed by atoms with Crippen molar-refractivity contribution in [2.75, 3.05) is 12.0 Å². The molecule has 1 aromatic carbocycles. The van der Waals surface area contributed by atoms with Gasteiger partial charge in [0.05, 0.1) is 5.56 Å². The van der Waals surface area contributed by atoms with Crippen molar-refractivity contribution in [3.05, 3.63) is 29.8 Å². The first-order chi connectivity index (χ1) is 7.31. The summed E-state index contributed by atoms with van der Waals surface area (Å²) in [5.74, 6) is 1.63. The number of amides is 1. The Morgan fingerprint density at radius 1 is 1.47 bits per heavy atom. The van der Waals surface area contributed by atoms with Gasteiger partial charge in [-0.1, -0.05) is 12.1 Å². The van der Waals surface area contributed by atoms with Crippen molar-refractivity contribution >= 4 is 17.7 Å². The maximum atomic E-state index is 11.7. The minimum Gasteiger partial charge on any atom is -0.470 e. The van der Waals surface area contributed by atoms with Crippen LogP contribution in [0.5, 0.6) is 5.75 Å². The van der Waals surface area contributed by atoms with Crippen LogP contribution in [0.4, 0.5) is 0 Å². The minimum absolute atomic E-state index is 0.0389. The van der Waals surface area contributed by atoms with E-state index < -0.39 is 0 Å². The summed E-state index contributed by atoms with van der Waals surface area (Å²) >= 11 is 1.75. The van der Waals surface area contributed by atoms with Crippen molar-refractivity contribution in [3.8, 4) is 5.75 Å². The van der Waals surface area contributed by atoms with E-state index >= 15 is 0 Å². The Kier molecular flexibility index (Phi) is 3.16. The van der Waals surface area contributed by atoms with Crippen LogP contribution in [0, 0.1) is 0 Å². The second-order valence-electron chi connectivity index (χ2n) is 3.36. The first kappa shape index (κ1) is 10.4. The molecule has 1 N–H and O–H groups in total. The van der Waals surface area contributed by atoms with Crippen LogP contribution in [0.25, 0.3) is 0 Å². The van der Waals surface area contributed by atoms with Gasteiger partial charge in [0.15, 0.2) is 6.23 Å². The summed E-state index contributed by atoms with van der Waals surface area (Å²) in [7, 11) is 0. The van der Waals surface area contributed by atoms with E-state index in [1.165, 1.54) is 0 Å². The maximum absolute atomic E-state index is 11.7. The molecule has 3 nitrogen and oxygen atoms in total. The number of hydrogen-bond donors (Lipinski definition) is 1. The first-order valence-electron chi connectivity index (χ1n) is 4.87. The van der Waals surface area contributed by atoms with E-state index in [4.69, 9.17) is 4.74 Å². The van der Waals surface area contributed by atoms with Gasteiger partial charge in [0.25, 0.3) is 5.91 Å². The van der Waals surface area contributed by atoms with Gasteiger partial charge in [-0.15, -0.1) is 0 Å². The highest BCUT2D eigenvalue weighted by Gasteiger charge is 2.24. The first-order valence-corrected chi connectivity index (χ1v) is 6.26. The molecule has 0 saturated heterocycles. The lowest BCUT2D eigenvalue weighted by atomic mass is 10.1. The van der Waals surface area contributed by atoms with Crippen LogP contribution in [-0.2, 0) is 0 Å². The van der Waals surface area contributed by atoms with Crippen LogP contribution in [0.15, 0.2) is 24.3 Å². The van der Waals surface area contributed by atoms with Crippen LogP contribution in [-0.4, -0.2) is 24.1 Å². The van der Waals surface area contributed by atoms with E-state index in [0.29, 0.717) is 11.3 Å². The zero-order valence-corrected chi connectivity index (χ0v) is 9.34. The van der Waals surface area contributed by atoms with Crippen molar-refractivity contribution in [3.63, 3.8) is 0 Å². The quantitative estimate of drug-likeness (QED) is 0.850. The number of carbonyl (C=O) groups is 1. The summed E-state index contributed by atoms with van der Waals surface area (Å²) in [5, 5.41) is 2.83. The molecule has 1 atom stereocenters. The summed E-state index contributed by atoms with van der Waals surface area (Å²) in [4.78, 5) is 11.7. The number of para-hydroxylation sites is 1. The number of benzene rings is 1. The zero-order valence-electron chi connectivity index (χ0n) is 8.53. The predicted octanol–water partition coefficient (Wildman–Crippen LogP) is 1.89. The average Bonchev–Trinajstić information content (AvgIpc) is 2.26. The lowest BCUT2D eigenvalue weighted by molar-refractivity contribution is 0.0752. The van der Waals surface area contributed by atoms with Gasteiger partial charge < -0.3 is 10.1 Å². The summed E-state index contributed by atoms with van der Waals surface area (Å²) < 4.78 is 5.66. The van der Waals surface area contributed by atoms with E-state index in [1.54, 1.807) is 17.8 Å².